The summed E-state index contributed by atoms with van der Waals surface area (Å²) in [6, 6.07) is 12.0. The summed E-state index contributed by atoms with van der Waals surface area (Å²) in [5, 5.41) is 4.35. The van der Waals surface area contributed by atoms with Crippen molar-refractivity contribution in [2.75, 3.05) is 18.4 Å². The second-order valence-corrected chi connectivity index (χ2v) is 6.76. The minimum Gasteiger partial charge on any atom is -0.333 e. The van der Waals surface area contributed by atoms with Crippen LogP contribution in [0.2, 0.25) is 15.1 Å². The lowest BCUT2D eigenvalue weighted by molar-refractivity contribution is -0.132. The number of carbonyl (C=O) groups is 2. The van der Waals surface area contributed by atoms with Crippen LogP contribution in [0.1, 0.15) is 12.5 Å². The van der Waals surface area contributed by atoms with Crippen molar-refractivity contribution in [3.63, 3.8) is 0 Å². The molecule has 0 radical (unpaired) electrons. The first-order chi connectivity index (χ1) is 11.8. The molecular formula is C18H17Cl3N2O2. The molecule has 0 saturated carbocycles. The van der Waals surface area contributed by atoms with E-state index in [-0.39, 0.29) is 18.4 Å². The van der Waals surface area contributed by atoms with E-state index in [1.165, 1.54) is 11.8 Å². The highest BCUT2D eigenvalue weighted by molar-refractivity contribution is 6.35. The van der Waals surface area contributed by atoms with Gasteiger partial charge in [-0.2, -0.15) is 0 Å². The molecule has 0 aliphatic heterocycles. The average molecular weight is 400 g/mol. The largest absolute Gasteiger partial charge is 0.333 e. The SMILES string of the molecule is CC(=O)N(CCc1ccc(Cl)cc1Cl)CC(=O)Nc1cccc(Cl)c1. The van der Waals surface area contributed by atoms with Crippen LogP contribution in [-0.4, -0.2) is 29.8 Å². The molecule has 0 atom stereocenters. The average Bonchev–Trinajstić information content (AvgIpc) is 2.52. The molecule has 0 fully saturated rings. The highest BCUT2D eigenvalue weighted by Gasteiger charge is 2.14. The lowest BCUT2D eigenvalue weighted by atomic mass is 10.1. The summed E-state index contributed by atoms with van der Waals surface area (Å²) in [6.45, 7) is 1.75. The zero-order valence-electron chi connectivity index (χ0n) is 13.6. The molecule has 0 aliphatic rings. The van der Waals surface area contributed by atoms with E-state index in [1.807, 2.05) is 6.07 Å². The van der Waals surface area contributed by atoms with E-state index in [4.69, 9.17) is 34.8 Å². The first-order valence-electron chi connectivity index (χ1n) is 7.60. The Hall–Kier alpha value is -1.75. The topological polar surface area (TPSA) is 49.4 Å². The van der Waals surface area contributed by atoms with Gasteiger partial charge in [-0.15, -0.1) is 0 Å². The number of anilines is 1. The summed E-state index contributed by atoms with van der Waals surface area (Å²) < 4.78 is 0. The zero-order chi connectivity index (χ0) is 18.4. The second kappa shape index (κ2) is 9.09. The third-order valence-electron chi connectivity index (χ3n) is 3.55. The van der Waals surface area contributed by atoms with Crippen LogP contribution in [0.3, 0.4) is 0 Å². The molecule has 0 unspecified atom stereocenters. The second-order valence-electron chi connectivity index (χ2n) is 5.48. The Morgan fingerprint density at radius 3 is 2.40 bits per heavy atom. The summed E-state index contributed by atoms with van der Waals surface area (Å²) >= 11 is 17.9. The number of benzene rings is 2. The molecule has 2 amide bonds. The van der Waals surface area contributed by atoms with Crippen LogP contribution in [-0.2, 0) is 16.0 Å². The van der Waals surface area contributed by atoms with Gasteiger partial charge in [0.1, 0.15) is 0 Å². The van der Waals surface area contributed by atoms with E-state index < -0.39 is 0 Å². The number of carbonyl (C=O) groups excluding carboxylic acids is 2. The molecule has 0 aliphatic carbocycles. The van der Waals surface area contributed by atoms with Gasteiger partial charge in [-0.05, 0) is 42.3 Å². The van der Waals surface area contributed by atoms with E-state index in [0.29, 0.717) is 33.7 Å². The molecule has 2 aromatic carbocycles. The summed E-state index contributed by atoms with van der Waals surface area (Å²) in [5.74, 6) is -0.481. The van der Waals surface area contributed by atoms with E-state index in [2.05, 4.69) is 5.32 Å². The molecule has 7 heteroatoms. The van der Waals surface area contributed by atoms with Crippen LogP contribution >= 0.6 is 34.8 Å². The molecule has 4 nitrogen and oxygen atoms in total. The van der Waals surface area contributed by atoms with E-state index in [9.17, 15) is 9.59 Å². The highest BCUT2D eigenvalue weighted by atomic mass is 35.5. The molecule has 132 valence electrons. The van der Waals surface area contributed by atoms with Gasteiger partial charge >= 0.3 is 0 Å². The van der Waals surface area contributed by atoms with Gasteiger partial charge in [0.25, 0.3) is 0 Å². The first-order valence-corrected chi connectivity index (χ1v) is 8.73. The number of rotatable bonds is 6. The smallest absolute Gasteiger partial charge is 0.243 e. The lowest BCUT2D eigenvalue weighted by Crippen LogP contribution is -2.38. The van der Waals surface area contributed by atoms with Gasteiger partial charge in [-0.1, -0.05) is 46.9 Å². The van der Waals surface area contributed by atoms with Crippen molar-refractivity contribution in [1.29, 1.82) is 0 Å². The van der Waals surface area contributed by atoms with Crippen molar-refractivity contribution in [3.05, 3.63) is 63.1 Å². The molecular weight excluding hydrogens is 383 g/mol. The zero-order valence-corrected chi connectivity index (χ0v) is 15.8. The van der Waals surface area contributed by atoms with Gasteiger partial charge in [-0.3, -0.25) is 9.59 Å². The molecule has 2 rings (SSSR count). The predicted molar refractivity (Wildman–Crippen MR) is 103 cm³/mol. The van der Waals surface area contributed by atoms with Crippen molar-refractivity contribution >= 4 is 52.3 Å². The molecule has 1 N–H and O–H groups in total. The van der Waals surface area contributed by atoms with Crippen molar-refractivity contribution < 1.29 is 9.59 Å². The molecule has 25 heavy (non-hydrogen) atoms. The number of hydrogen-bond donors (Lipinski definition) is 1. The lowest BCUT2D eigenvalue weighted by Gasteiger charge is -2.21. The van der Waals surface area contributed by atoms with Crippen LogP contribution in [0.25, 0.3) is 0 Å². The fourth-order valence-corrected chi connectivity index (χ4v) is 2.96. The fraction of sp³-hybridized carbons (Fsp3) is 0.222. The maximum atomic E-state index is 12.2. The molecule has 2 aromatic rings. The normalized spacial score (nSPS) is 10.4. The van der Waals surface area contributed by atoms with Crippen molar-refractivity contribution in [2.24, 2.45) is 0 Å². The molecule has 0 spiro atoms. The van der Waals surface area contributed by atoms with Crippen LogP contribution in [0, 0.1) is 0 Å². The van der Waals surface area contributed by atoms with Crippen LogP contribution in [0.5, 0.6) is 0 Å². The van der Waals surface area contributed by atoms with Gasteiger partial charge in [0.2, 0.25) is 11.8 Å². The molecule has 0 bridgehead atoms. The maximum Gasteiger partial charge on any atom is 0.243 e. The Labute approximate surface area is 161 Å². The van der Waals surface area contributed by atoms with Crippen molar-refractivity contribution in [3.8, 4) is 0 Å². The van der Waals surface area contributed by atoms with Crippen LogP contribution < -0.4 is 5.32 Å². The predicted octanol–water partition coefficient (Wildman–Crippen LogP) is 4.68. The molecule has 0 saturated heterocycles. The maximum absolute atomic E-state index is 12.2. The Bertz CT molecular complexity index is 781. The van der Waals surface area contributed by atoms with E-state index >= 15 is 0 Å². The Kier molecular flexibility index (Phi) is 7.12. The van der Waals surface area contributed by atoms with Gasteiger partial charge in [0.15, 0.2) is 0 Å². The van der Waals surface area contributed by atoms with Gasteiger partial charge < -0.3 is 10.2 Å². The van der Waals surface area contributed by atoms with E-state index in [1.54, 1.807) is 36.4 Å². The Balaban J connectivity index is 1.96. The fourth-order valence-electron chi connectivity index (χ4n) is 2.27. The number of nitrogens with zero attached hydrogens (tertiary/aromatic N) is 1. The number of hydrogen-bond acceptors (Lipinski definition) is 2. The van der Waals surface area contributed by atoms with Gasteiger partial charge in [0, 0.05) is 34.2 Å². The van der Waals surface area contributed by atoms with Crippen LogP contribution in [0.4, 0.5) is 5.69 Å². The standard InChI is InChI=1S/C18H17Cl3N2O2/c1-12(24)23(8-7-13-5-6-15(20)10-17(13)21)11-18(25)22-16-4-2-3-14(19)9-16/h2-6,9-10H,7-8,11H2,1H3,(H,22,25). The highest BCUT2D eigenvalue weighted by Crippen LogP contribution is 2.21. The minimum atomic E-state index is -0.292. The molecule has 0 aromatic heterocycles. The third-order valence-corrected chi connectivity index (χ3v) is 4.38. The molecule has 0 heterocycles. The Morgan fingerprint density at radius 2 is 1.76 bits per heavy atom. The Morgan fingerprint density at radius 1 is 1.04 bits per heavy atom. The van der Waals surface area contributed by atoms with Crippen LogP contribution in [0.15, 0.2) is 42.5 Å². The summed E-state index contributed by atoms with van der Waals surface area (Å²) in [4.78, 5) is 25.5. The number of nitrogens with one attached hydrogen (secondary N) is 1. The summed E-state index contributed by atoms with van der Waals surface area (Å²) in [6.07, 6.45) is 0.528. The monoisotopic (exact) mass is 398 g/mol. The number of halogens is 3. The third kappa shape index (κ3) is 6.24. The summed E-state index contributed by atoms with van der Waals surface area (Å²) in [7, 11) is 0. The minimum absolute atomic E-state index is 0.0486. The van der Waals surface area contributed by atoms with Gasteiger partial charge in [-0.25, -0.2) is 0 Å². The van der Waals surface area contributed by atoms with E-state index in [0.717, 1.165) is 5.56 Å². The number of amides is 2. The quantitative estimate of drug-likeness (QED) is 0.767. The van der Waals surface area contributed by atoms with Crippen molar-refractivity contribution in [1.82, 2.24) is 4.90 Å². The first kappa shape index (κ1) is 19.6. The van der Waals surface area contributed by atoms with Crippen molar-refractivity contribution in [2.45, 2.75) is 13.3 Å². The van der Waals surface area contributed by atoms with Gasteiger partial charge in [0.05, 0.1) is 6.54 Å². The summed E-state index contributed by atoms with van der Waals surface area (Å²) in [5.41, 5.74) is 1.45.